The number of benzene rings is 2. The number of ether oxygens (including phenoxy) is 2. The Kier molecular flexibility index (Phi) is 11.6. The van der Waals surface area contributed by atoms with Gasteiger partial charge in [0.05, 0.1) is 18.5 Å². The zero-order valence-electron chi connectivity index (χ0n) is 23.2. The Balaban J connectivity index is 1.88. The van der Waals surface area contributed by atoms with Crippen LogP contribution in [-0.2, 0) is 20.7 Å². The fraction of sp³-hybridized carbons (Fsp3) is 0.433. The summed E-state index contributed by atoms with van der Waals surface area (Å²) < 4.78 is 26.6. The minimum atomic E-state index is -0.551. The number of hydrogen-bond donors (Lipinski definition) is 1. The molecular formula is C30H38FN5O3. The number of rotatable bonds is 15. The van der Waals surface area contributed by atoms with E-state index in [1.165, 1.54) is 12.4 Å². The zero-order chi connectivity index (χ0) is 28.2. The molecule has 1 aromatic heterocycles. The summed E-state index contributed by atoms with van der Waals surface area (Å²) in [6, 6.07) is 10.3. The number of aromatic nitrogens is 2. The van der Waals surface area contributed by atoms with E-state index in [0.717, 1.165) is 24.3 Å². The number of likely N-dealkylation sites (N-methyl/N-ethyl adjacent to an activating group) is 1. The molecule has 0 aliphatic carbocycles. The van der Waals surface area contributed by atoms with Gasteiger partial charge >= 0.3 is 0 Å². The molecule has 0 fully saturated rings. The Hall–Kier alpha value is -3.58. The maximum absolute atomic E-state index is 15.2. The molecule has 1 N–H and O–H groups in total. The SMILES string of the molecule is C#Cc1cccc(Nc2ncnc3cc(F)c(CC(=O)N(CCN(CC)CC)CC(OCC)OCC)cc23)c1. The molecule has 0 radical (unpaired) electrons. The predicted octanol–water partition coefficient (Wildman–Crippen LogP) is 4.61. The molecule has 0 saturated carbocycles. The number of hydrogen-bond acceptors (Lipinski definition) is 7. The van der Waals surface area contributed by atoms with Crippen LogP contribution in [0.2, 0.25) is 0 Å². The molecule has 0 bridgehead atoms. The van der Waals surface area contributed by atoms with Gasteiger partial charge < -0.3 is 24.6 Å². The quantitative estimate of drug-likeness (QED) is 0.225. The number of carbonyl (C=O) groups is 1. The third-order valence-corrected chi connectivity index (χ3v) is 6.45. The smallest absolute Gasteiger partial charge is 0.227 e. The van der Waals surface area contributed by atoms with E-state index in [9.17, 15) is 4.79 Å². The van der Waals surface area contributed by atoms with Crippen LogP contribution in [0.1, 0.15) is 38.8 Å². The van der Waals surface area contributed by atoms with Gasteiger partial charge in [0.2, 0.25) is 5.91 Å². The van der Waals surface area contributed by atoms with Crippen molar-refractivity contribution in [1.82, 2.24) is 19.8 Å². The maximum atomic E-state index is 15.2. The van der Waals surface area contributed by atoms with Crippen LogP contribution in [0.25, 0.3) is 10.9 Å². The van der Waals surface area contributed by atoms with Crippen LogP contribution >= 0.6 is 0 Å². The van der Waals surface area contributed by atoms with Crippen molar-refractivity contribution in [2.24, 2.45) is 0 Å². The van der Waals surface area contributed by atoms with Crippen molar-refractivity contribution in [3.05, 3.63) is 59.7 Å². The number of nitrogens with one attached hydrogen (secondary N) is 1. The second-order valence-corrected chi connectivity index (χ2v) is 8.92. The Morgan fingerprint density at radius 2 is 1.82 bits per heavy atom. The largest absolute Gasteiger partial charge is 0.351 e. The molecule has 3 aromatic rings. The molecule has 3 rings (SSSR count). The third kappa shape index (κ3) is 8.45. The van der Waals surface area contributed by atoms with Crippen LogP contribution in [0.5, 0.6) is 0 Å². The summed E-state index contributed by atoms with van der Waals surface area (Å²) in [4.78, 5) is 26.1. The van der Waals surface area contributed by atoms with Gasteiger partial charge in [0.25, 0.3) is 0 Å². The summed E-state index contributed by atoms with van der Waals surface area (Å²) in [5.74, 6) is 2.40. The van der Waals surface area contributed by atoms with Gasteiger partial charge in [0, 0.05) is 49.0 Å². The van der Waals surface area contributed by atoms with Crippen LogP contribution < -0.4 is 5.32 Å². The number of fused-ring (bicyclic) bond motifs is 1. The van der Waals surface area contributed by atoms with Gasteiger partial charge in [0.1, 0.15) is 18.0 Å². The second-order valence-electron chi connectivity index (χ2n) is 8.92. The topological polar surface area (TPSA) is 79.8 Å². The van der Waals surface area contributed by atoms with E-state index in [4.69, 9.17) is 15.9 Å². The normalized spacial score (nSPS) is 11.2. The molecule has 0 spiro atoms. The standard InChI is InChI=1S/C30H38FN5O3/c1-6-22-12-11-13-24(16-22)34-30-25-17-23(26(31)19-27(25)32-21-33-30)18-28(37)36(15-14-35(7-2)8-3)20-29(38-9-4)39-10-5/h1,11-13,16-17,19,21,29H,7-10,14-15,18,20H2,2-5H3,(H,32,33,34). The Morgan fingerprint density at radius 1 is 1.08 bits per heavy atom. The summed E-state index contributed by atoms with van der Waals surface area (Å²) in [5.41, 5.74) is 2.16. The lowest BCUT2D eigenvalue weighted by Crippen LogP contribution is -2.44. The van der Waals surface area contributed by atoms with Gasteiger partial charge in [-0.15, -0.1) is 6.42 Å². The summed E-state index contributed by atoms with van der Waals surface area (Å²) in [7, 11) is 0. The van der Waals surface area contributed by atoms with Crippen LogP contribution in [0.3, 0.4) is 0 Å². The fourth-order valence-electron chi connectivity index (χ4n) is 4.28. The first-order chi connectivity index (χ1) is 18.9. The van der Waals surface area contributed by atoms with E-state index in [1.54, 1.807) is 11.0 Å². The summed E-state index contributed by atoms with van der Waals surface area (Å²) in [6.07, 6.45) is 6.23. The third-order valence-electron chi connectivity index (χ3n) is 6.45. The van der Waals surface area contributed by atoms with Crippen molar-refractivity contribution in [2.45, 2.75) is 40.4 Å². The van der Waals surface area contributed by atoms with E-state index in [0.29, 0.717) is 43.0 Å². The van der Waals surface area contributed by atoms with Crippen LogP contribution in [0.4, 0.5) is 15.9 Å². The average Bonchev–Trinajstić information content (AvgIpc) is 2.94. The first-order valence-corrected chi connectivity index (χ1v) is 13.4. The Morgan fingerprint density at radius 3 is 2.49 bits per heavy atom. The lowest BCUT2D eigenvalue weighted by atomic mass is 10.1. The maximum Gasteiger partial charge on any atom is 0.227 e. The van der Waals surface area contributed by atoms with E-state index >= 15 is 4.39 Å². The molecule has 0 unspecified atom stereocenters. The van der Waals surface area contributed by atoms with Crippen LogP contribution in [0.15, 0.2) is 42.7 Å². The van der Waals surface area contributed by atoms with E-state index < -0.39 is 12.1 Å². The highest BCUT2D eigenvalue weighted by Gasteiger charge is 2.22. The summed E-state index contributed by atoms with van der Waals surface area (Å²) in [6.45, 7) is 12.0. The average molecular weight is 536 g/mol. The fourth-order valence-corrected chi connectivity index (χ4v) is 4.28. The number of carbonyl (C=O) groups excluding carboxylic acids is 1. The minimum absolute atomic E-state index is 0.119. The van der Waals surface area contributed by atoms with E-state index in [-0.39, 0.29) is 24.4 Å². The van der Waals surface area contributed by atoms with Crippen molar-refractivity contribution >= 4 is 28.3 Å². The van der Waals surface area contributed by atoms with Crippen LogP contribution in [-0.4, -0.2) is 77.9 Å². The molecule has 0 aliphatic rings. The van der Waals surface area contributed by atoms with E-state index in [2.05, 4.69) is 40.0 Å². The zero-order valence-corrected chi connectivity index (χ0v) is 23.2. The predicted molar refractivity (Wildman–Crippen MR) is 152 cm³/mol. The number of amides is 1. The minimum Gasteiger partial charge on any atom is -0.351 e. The van der Waals surface area contributed by atoms with Crippen molar-refractivity contribution in [3.8, 4) is 12.3 Å². The number of halogens is 1. The highest BCUT2D eigenvalue weighted by molar-refractivity contribution is 5.92. The molecule has 1 heterocycles. The molecular weight excluding hydrogens is 497 g/mol. The lowest BCUT2D eigenvalue weighted by molar-refractivity contribution is -0.158. The highest BCUT2D eigenvalue weighted by Crippen LogP contribution is 2.26. The van der Waals surface area contributed by atoms with Crippen molar-refractivity contribution in [1.29, 1.82) is 0 Å². The summed E-state index contributed by atoms with van der Waals surface area (Å²) >= 11 is 0. The van der Waals surface area contributed by atoms with Gasteiger partial charge in [-0.3, -0.25) is 4.79 Å². The van der Waals surface area contributed by atoms with Gasteiger partial charge in [-0.25, -0.2) is 14.4 Å². The molecule has 2 aromatic carbocycles. The van der Waals surface area contributed by atoms with Gasteiger partial charge in [-0.05, 0) is 56.8 Å². The number of anilines is 2. The molecule has 0 aliphatic heterocycles. The van der Waals surface area contributed by atoms with Gasteiger partial charge in [-0.2, -0.15) is 0 Å². The van der Waals surface area contributed by atoms with Crippen molar-refractivity contribution in [3.63, 3.8) is 0 Å². The molecule has 9 heteroatoms. The second kappa shape index (κ2) is 15.1. The van der Waals surface area contributed by atoms with Crippen LogP contribution in [0, 0.1) is 18.2 Å². The van der Waals surface area contributed by atoms with Gasteiger partial charge in [-0.1, -0.05) is 25.8 Å². The van der Waals surface area contributed by atoms with Gasteiger partial charge in [0.15, 0.2) is 6.29 Å². The molecule has 39 heavy (non-hydrogen) atoms. The van der Waals surface area contributed by atoms with E-state index in [1.807, 2.05) is 38.1 Å². The monoisotopic (exact) mass is 535 g/mol. The van der Waals surface area contributed by atoms with Crippen molar-refractivity contribution < 1.29 is 18.7 Å². The molecule has 1 amide bonds. The first kappa shape index (κ1) is 30.0. The molecule has 0 atom stereocenters. The Labute approximate surface area is 230 Å². The number of terminal acetylenes is 1. The molecule has 0 saturated heterocycles. The highest BCUT2D eigenvalue weighted by atomic mass is 19.1. The van der Waals surface area contributed by atoms with Crippen molar-refractivity contribution in [2.75, 3.05) is 51.3 Å². The molecule has 208 valence electrons. The lowest BCUT2D eigenvalue weighted by Gasteiger charge is -2.30. The number of nitrogens with zero attached hydrogens (tertiary/aromatic N) is 4. The molecule has 8 nitrogen and oxygen atoms in total. The summed E-state index contributed by atoms with van der Waals surface area (Å²) in [5, 5.41) is 3.84. The Bertz CT molecular complexity index is 1270. The first-order valence-electron chi connectivity index (χ1n) is 13.4.